The molecule has 0 spiro atoms. The van der Waals surface area contributed by atoms with Crippen LogP contribution < -0.4 is 4.74 Å². The van der Waals surface area contributed by atoms with Gasteiger partial charge in [0.1, 0.15) is 11.6 Å². The molecule has 0 radical (unpaired) electrons. The van der Waals surface area contributed by atoms with Gasteiger partial charge in [-0.2, -0.15) is 0 Å². The van der Waals surface area contributed by atoms with Crippen molar-refractivity contribution in [1.29, 1.82) is 0 Å². The molecule has 0 unspecified atom stereocenters. The second-order valence-corrected chi connectivity index (χ2v) is 5.00. The number of imidazole rings is 1. The molecule has 1 aromatic heterocycles. The number of hydrogen-bond donors (Lipinski definition) is 1. The molecule has 2 aromatic carbocycles. The van der Waals surface area contributed by atoms with Crippen LogP contribution in [-0.2, 0) is 6.42 Å². The van der Waals surface area contributed by atoms with Gasteiger partial charge in [0.05, 0.1) is 11.0 Å². The molecule has 0 aliphatic rings. The lowest BCUT2D eigenvalue weighted by Crippen LogP contribution is -2.06. The van der Waals surface area contributed by atoms with Gasteiger partial charge in [-0.05, 0) is 37.1 Å². The highest BCUT2D eigenvalue weighted by Gasteiger charge is 2.13. The zero-order valence-electron chi connectivity index (χ0n) is 12.0. The number of ether oxygens (including phenoxy) is 1. The molecule has 3 aromatic rings. The van der Waals surface area contributed by atoms with Crippen LogP contribution in [-0.4, -0.2) is 9.97 Å². The Balaban J connectivity index is 1.85. The molecule has 3 rings (SSSR count). The van der Waals surface area contributed by atoms with Gasteiger partial charge >= 0.3 is 0 Å². The number of aromatic amines is 1. The first-order chi connectivity index (χ1) is 10.3. The first kappa shape index (κ1) is 13.4. The van der Waals surface area contributed by atoms with E-state index in [4.69, 9.17) is 4.74 Å². The molecule has 3 nitrogen and oxygen atoms in total. The fourth-order valence-electron chi connectivity index (χ4n) is 2.35. The lowest BCUT2D eigenvalue weighted by atomic mass is 10.1. The summed E-state index contributed by atoms with van der Waals surface area (Å²) < 4.78 is 6.07. The maximum atomic E-state index is 6.07. The molecule has 21 heavy (non-hydrogen) atoms. The number of allylic oxidation sites excluding steroid dienone is 1. The van der Waals surface area contributed by atoms with Gasteiger partial charge in [-0.15, -0.1) is 6.58 Å². The largest absolute Gasteiger partial charge is 0.483 e. The highest BCUT2D eigenvalue weighted by Crippen LogP contribution is 2.25. The first-order valence-corrected chi connectivity index (χ1v) is 7.08. The third kappa shape index (κ3) is 2.82. The van der Waals surface area contributed by atoms with Crippen LogP contribution in [0.1, 0.15) is 24.4 Å². The van der Waals surface area contributed by atoms with Crippen LogP contribution in [0.15, 0.2) is 61.2 Å². The highest BCUT2D eigenvalue weighted by molar-refractivity contribution is 5.74. The molecule has 0 amide bonds. The molecular weight excluding hydrogens is 260 g/mol. The number of fused-ring (bicyclic) bond motifs is 1. The van der Waals surface area contributed by atoms with Gasteiger partial charge in [0.2, 0.25) is 0 Å². The van der Waals surface area contributed by atoms with E-state index < -0.39 is 0 Å². The van der Waals surface area contributed by atoms with E-state index in [9.17, 15) is 0 Å². The van der Waals surface area contributed by atoms with Crippen LogP contribution in [0.2, 0.25) is 0 Å². The van der Waals surface area contributed by atoms with Crippen molar-refractivity contribution in [3.05, 3.63) is 72.6 Å². The summed E-state index contributed by atoms with van der Waals surface area (Å²) in [6.45, 7) is 5.79. The number of H-pyrrole nitrogens is 1. The van der Waals surface area contributed by atoms with Gasteiger partial charge in [0, 0.05) is 0 Å². The minimum atomic E-state index is -0.136. The summed E-state index contributed by atoms with van der Waals surface area (Å²) in [6, 6.07) is 16.0. The maximum Gasteiger partial charge on any atom is 0.153 e. The van der Waals surface area contributed by atoms with Gasteiger partial charge in [0.25, 0.3) is 0 Å². The molecular formula is C18H18N2O. The van der Waals surface area contributed by atoms with E-state index in [-0.39, 0.29) is 6.10 Å². The molecule has 106 valence electrons. The molecule has 0 fully saturated rings. The number of benzene rings is 2. The van der Waals surface area contributed by atoms with Crippen LogP contribution in [0.5, 0.6) is 5.75 Å². The Kier molecular flexibility index (Phi) is 3.73. The van der Waals surface area contributed by atoms with Crippen molar-refractivity contribution < 1.29 is 4.74 Å². The molecule has 0 saturated heterocycles. The summed E-state index contributed by atoms with van der Waals surface area (Å²) in [5.74, 6) is 1.72. The minimum Gasteiger partial charge on any atom is -0.483 e. The van der Waals surface area contributed by atoms with Crippen molar-refractivity contribution in [3.8, 4) is 5.75 Å². The number of nitrogens with zero attached hydrogens (tertiary/aromatic N) is 1. The maximum absolute atomic E-state index is 6.07. The molecule has 0 aliphatic carbocycles. The van der Waals surface area contributed by atoms with E-state index in [1.54, 1.807) is 0 Å². The zero-order chi connectivity index (χ0) is 14.7. The van der Waals surface area contributed by atoms with Crippen molar-refractivity contribution >= 4 is 11.0 Å². The first-order valence-electron chi connectivity index (χ1n) is 7.08. The van der Waals surface area contributed by atoms with Crippen molar-refractivity contribution in [2.45, 2.75) is 19.4 Å². The quantitative estimate of drug-likeness (QED) is 0.701. The van der Waals surface area contributed by atoms with E-state index in [1.165, 1.54) is 0 Å². The van der Waals surface area contributed by atoms with E-state index in [1.807, 2.05) is 55.5 Å². The predicted molar refractivity (Wildman–Crippen MR) is 85.5 cm³/mol. The molecule has 0 bridgehead atoms. The highest BCUT2D eigenvalue weighted by atomic mass is 16.5. The summed E-state index contributed by atoms with van der Waals surface area (Å²) in [4.78, 5) is 7.89. The van der Waals surface area contributed by atoms with Crippen LogP contribution in [0.25, 0.3) is 11.0 Å². The summed E-state index contributed by atoms with van der Waals surface area (Å²) in [5, 5.41) is 0. The summed E-state index contributed by atoms with van der Waals surface area (Å²) in [5.41, 5.74) is 3.13. The Labute approximate surface area is 124 Å². The molecule has 0 saturated carbocycles. The SMILES string of the molecule is C=CCc1ccccc1O[C@H](C)c1nc2ccccc2[nH]1. The molecule has 1 N–H and O–H groups in total. The lowest BCUT2D eigenvalue weighted by molar-refractivity contribution is 0.216. The topological polar surface area (TPSA) is 37.9 Å². The normalized spacial score (nSPS) is 12.2. The standard InChI is InChI=1S/C18H18N2O/c1-3-8-14-9-4-7-12-17(14)21-13(2)18-19-15-10-5-6-11-16(15)20-18/h3-7,9-13H,1,8H2,2H3,(H,19,20)/t13-/m1/s1. The van der Waals surface area contributed by atoms with E-state index in [0.29, 0.717) is 0 Å². The van der Waals surface area contributed by atoms with Gasteiger partial charge in [-0.3, -0.25) is 0 Å². The van der Waals surface area contributed by atoms with Crippen LogP contribution in [0, 0.1) is 0 Å². The molecule has 1 heterocycles. The van der Waals surface area contributed by atoms with Gasteiger partial charge in [0.15, 0.2) is 6.10 Å². The Hall–Kier alpha value is -2.55. The fraction of sp³-hybridized carbons (Fsp3) is 0.167. The monoisotopic (exact) mass is 278 g/mol. The lowest BCUT2D eigenvalue weighted by Gasteiger charge is -2.15. The number of para-hydroxylation sites is 3. The minimum absolute atomic E-state index is 0.136. The van der Waals surface area contributed by atoms with Crippen molar-refractivity contribution in [1.82, 2.24) is 9.97 Å². The molecule has 3 heteroatoms. The Morgan fingerprint density at radius 1 is 1.19 bits per heavy atom. The van der Waals surface area contributed by atoms with Crippen LogP contribution in [0.3, 0.4) is 0 Å². The predicted octanol–water partition coefficient (Wildman–Crippen LogP) is 4.43. The zero-order valence-corrected chi connectivity index (χ0v) is 12.0. The van der Waals surface area contributed by atoms with Gasteiger partial charge in [-0.1, -0.05) is 36.4 Å². The fourth-order valence-corrected chi connectivity index (χ4v) is 2.35. The van der Waals surface area contributed by atoms with Gasteiger partial charge < -0.3 is 9.72 Å². The van der Waals surface area contributed by atoms with E-state index in [0.717, 1.165) is 34.6 Å². The Bertz CT molecular complexity index is 728. The number of hydrogen-bond acceptors (Lipinski definition) is 2. The number of nitrogens with one attached hydrogen (secondary N) is 1. The summed E-state index contributed by atoms with van der Waals surface area (Å²) >= 11 is 0. The average molecular weight is 278 g/mol. The van der Waals surface area contributed by atoms with E-state index >= 15 is 0 Å². The third-order valence-electron chi connectivity index (χ3n) is 3.43. The second kappa shape index (κ2) is 5.83. The van der Waals surface area contributed by atoms with Crippen molar-refractivity contribution in [3.63, 3.8) is 0 Å². The summed E-state index contributed by atoms with van der Waals surface area (Å²) in [6.07, 6.45) is 2.54. The number of aromatic nitrogens is 2. The molecule has 0 aliphatic heterocycles. The van der Waals surface area contributed by atoms with Crippen LogP contribution >= 0.6 is 0 Å². The Morgan fingerprint density at radius 3 is 2.76 bits per heavy atom. The third-order valence-corrected chi connectivity index (χ3v) is 3.43. The summed E-state index contributed by atoms with van der Waals surface area (Å²) in [7, 11) is 0. The van der Waals surface area contributed by atoms with Gasteiger partial charge in [-0.25, -0.2) is 4.98 Å². The van der Waals surface area contributed by atoms with E-state index in [2.05, 4.69) is 22.6 Å². The van der Waals surface area contributed by atoms with Crippen LogP contribution in [0.4, 0.5) is 0 Å². The molecule has 1 atom stereocenters. The van der Waals surface area contributed by atoms with Crippen molar-refractivity contribution in [2.75, 3.05) is 0 Å². The van der Waals surface area contributed by atoms with Crippen molar-refractivity contribution in [2.24, 2.45) is 0 Å². The smallest absolute Gasteiger partial charge is 0.153 e. The average Bonchev–Trinajstić information content (AvgIpc) is 2.93. The second-order valence-electron chi connectivity index (χ2n) is 5.00. The Morgan fingerprint density at radius 2 is 1.95 bits per heavy atom. The number of rotatable bonds is 5.